The third-order valence-electron chi connectivity index (χ3n) is 4.42. The standard InChI is InChI=1S/C20H20ClNO4/c1-25-18-11-14(21)9-10-16(18)20(24)26-12-19(23)22-17-8-4-6-13-5-2-3-7-15(13)17/h2-3,5,7,9-11,17H,4,6,8,12H2,1H3,(H,22,23). The largest absolute Gasteiger partial charge is 0.496 e. The summed E-state index contributed by atoms with van der Waals surface area (Å²) in [5, 5.41) is 3.40. The molecule has 5 nitrogen and oxygen atoms in total. The molecule has 2 aromatic carbocycles. The molecule has 1 N–H and O–H groups in total. The number of hydrogen-bond donors (Lipinski definition) is 1. The van der Waals surface area contributed by atoms with Crippen LogP contribution in [0.25, 0.3) is 0 Å². The zero-order chi connectivity index (χ0) is 18.5. The fourth-order valence-corrected chi connectivity index (χ4v) is 3.34. The van der Waals surface area contributed by atoms with Crippen molar-refractivity contribution in [3.05, 3.63) is 64.2 Å². The van der Waals surface area contributed by atoms with E-state index in [1.165, 1.54) is 24.8 Å². The Labute approximate surface area is 157 Å². The van der Waals surface area contributed by atoms with E-state index in [1.807, 2.05) is 18.2 Å². The number of nitrogens with one attached hydrogen (secondary N) is 1. The lowest BCUT2D eigenvalue weighted by Crippen LogP contribution is -2.34. The summed E-state index contributed by atoms with van der Waals surface area (Å²) in [5.41, 5.74) is 2.62. The average molecular weight is 374 g/mol. The van der Waals surface area contributed by atoms with Crippen LogP contribution in [0.4, 0.5) is 0 Å². The number of ether oxygens (including phenoxy) is 2. The number of fused-ring (bicyclic) bond motifs is 1. The summed E-state index contributed by atoms with van der Waals surface area (Å²) in [6, 6.07) is 12.6. The lowest BCUT2D eigenvalue weighted by molar-refractivity contribution is -0.125. The summed E-state index contributed by atoms with van der Waals surface area (Å²) in [6.45, 7) is -0.344. The highest BCUT2D eigenvalue weighted by Gasteiger charge is 2.22. The molecule has 0 spiro atoms. The van der Waals surface area contributed by atoms with Crippen molar-refractivity contribution in [3.8, 4) is 5.75 Å². The molecule has 1 aliphatic carbocycles. The first-order chi connectivity index (χ1) is 12.6. The second-order valence-electron chi connectivity index (χ2n) is 6.13. The van der Waals surface area contributed by atoms with Crippen LogP contribution in [-0.2, 0) is 16.0 Å². The molecule has 6 heteroatoms. The highest BCUT2D eigenvalue weighted by molar-refractivity contribution is 6.30. The molecule has 0 fully saturated rings. The maximum absolute atomic E-state index is 12.2. The van der Waals surface area contributed by atoms with Gasteiger partial charge in [0.1, 0.15) is 11.3 Å². The van der Waals surface area contributed by atoms with Crippen molar-refractivity contribution < 1.29 is 19.1 Å². The molecule has 2 aromatic rings. The van der Waals surface area contributed by atoms with Gasteiger partial charge in [0.15, 0.2) is 6.61 Å². The summed E-state index contributed by atoms with van der Waals surface area (Å²) in [7, 11) is 1.44. The maximum Gasteiger partial charge on any atom is 0.342 e. The van der Waals surface area contributed by atoms with Crippen LogP contribution in [0.5, 0.6) is 5.75 Å². The van der Waals surface area contributed by atoms with Crippen molar-refractivity contribution in [2.24, 2.45) is 0 Å². The predicted octanol–water partition coefficient (Wildman–Crippen LogP) is 3.70. The van der Waals surface area contributed by atoms with Crippen LogP contribution in [0, 0.1) is 0 Å². The van der Waals surface area contributed by atoms with Gasteiger partial charge in [-0.1, -0.05) is 35.9 Å². The Morgan fingerprint density at radius 1 is 1.23 bits per heavy atom. The van der Waals surface area contributed by atoms with Crippen LogP contribution in [0.2, 0.25) is 5.02 Å². The van der Waals surface area contributed by atoms with Gasteiger partial charge < -0.3 is 14.8 Å². The van der Waals surface area contributed by atoms with E-state index < -0.39 is 5.97 Å². The highest BCUT2D eigenvalue weighted by atomic mass is 35.5. The van der Waals surface area contributed by atoms with Crippen LogP contribution < -0.4 is 10.1 Å². The lowest BCUT2D eigenvalue weighted by Gasteiger charge is -2.26. The number of aryl methyl sites for hydroxylation is 1. The minimum atomic E-state index is -0.627. The fourth-order valence-electron chi connectivity index (χ4n) is 3.18. The minimum Gasteiger partial charge on any atom is -0.496 e. The van der Waals surface area contributed by atoms with Gasteiger partial charge in [-0.2, -0.15) is 0 Å². The van der Waals surface area contributed by atoms with Crippen molar-refractivity contribution in [1.29, 1.82) is 0 Å². The first-order valence-electron chi connectivity index (χ1n) is 8.46. The molecular formula is C20H20ClNO4. The molecule has 0 radical (unpaired) electrons. The van der Waals surface area contributed by atoms with Crippen molar-refractivity contribution in [3.63, 3.8) is 0 Å². The van der Waals surface area contributed by atoms with Gasteiger partial charge in [0.05, 0.1) is 13.2 Å². The normalized spacial score (nSPS) is 15.7. The molecule has 0 bridgehead atoms. The average Bonchev–Trinajstić information content (AvgIpc) is 2.66. The van der Waals surface area contributed by atoms with Crippen molar-refractivity contribution >= 4 is 23.5 Å². The maximum atomic E-state index is 12.2. The lowest BCUT2D eigenvalue weighted by atomic mass is 9.88. The van der Waals surface area contributed by atoms with Crippen LogP contribution in [0.15, 0.2) is 42.5 Å². The molecule has 3 rings (SSSR count). The van der Waals surface area contributed by atoms with E-state index in [-0.39, 0.29) is 24.1 Å². The van der Waals surface area contributed by atoms with Gasteiger partial charge in [-0.05, 0) is 48.6 Å². The van der Waals surface area contributed by atoms with Crippen LogP contribution in [-0.4, -0.2) is 25.6 Å². The van der Waals surface area contributed by atoms with E-state index in [4.69, 9.17) is 21.1 Å². The molecule has 0 saturated carbocycles. The number of rotatable bonds is 5. The van der Waals surface area contributed by atoms with Gasteiger partial charge in [0, 0.05) is 5.02 Å². The molecule has 1 aliphatic rings. The van der Waals surface area contributed by atoms with E-state index >= 15 is 0 Å². The molecule has 1 unspecified atom stereocenters. The van der Waals surface area contributed by atoms with E-state index in [2.05, 4.69) is 11.4 Å². The Hall–Kier alpha value is -2.53. The summed E-state index contributed by atoms with van der Waals surface area (Å²) in [6.07, 6.45) is 2.92. The number of carbonyl (C=O) groups is 2. The molecule has 1 amide bonds. The van der Waals surface area contributed by atoms with Crippen LogP contribution in [0.3, 0.4) is 0 Å². The summed E-state index contributed by atoms with van der Waals surface area (Å²) >= 11 is 5.88. The van der Waals surface area contributed by atoms with E-state index in [0.717, 1.165) is 24.8 Å². The number of carbonyl (C=O) groups excluding carboxylic acids is 2. The zero-order valence-corrected chi connectivity index (χ0v) is 15.2. The number of esters is 1. The molecule has 136 valence electrons. The highest BCUT2D eigenvalue weighted by Crippen LogP contribution is 2.29. The van der Waals surface area contributed by atoms with Gasteiger partial charge >= 0.3 is 5.97 Å². The van der Waals surface area contributed by atoms with Gasteiger partial charge in [-0.15, -0.1) is 0 Å². The summed E-state index contributed by atoms with van der Waals surface area (Å²) < 4.78 is 10.3. The molecule has 0 aromatic heterocycles. The Kier molecular flexibility index (Phi) is 5.78. The smallest absolute Gasteiger partial charge is 0.342 e. The first-order valence-corrected chi connectivity index (χ1v) is 8.84. The second-order valence-corrected chi connectivity index (χ2v) is 6.57. The quantitative estimate of drug-likeness (QED) is 0.811. The van der Waals surface area contributed by atoms with E-state index in [1.54, 1.807) is 6.07 Å². The van der Waals surface area contributed by atoms with E-state index in [9.17, 15) is 9.59 Å². The molecule has 1 atom stereocenters. The monoisotopic (exact) mass is 373 g/mol. The fraction of sp³-hybridized carbons (Fsp3) is 0.300. The third kappa shape index (κ3) is 4.17. The number of halogens is 1. The van der Waals surface area contributed by atoms with Gasteiger partial charge in [-0.25, -0.2) is 4.79 Å². The topological polar surface area (TPSA) is 64.6 Å². The Morgan fingerprint density at radius 3 is 2.85 bits per heavy atom. The molecule has 0 aliphatic heterocycles. The van der Waals surface area contributed by atoms with Crippen LogP contribution >= 0.6 is 11.6 Å². The minimum absolute atomic E-state index is 0.0452. The van der Waals surface area contributed by atoms with Gasteiger partial charge in [0.2, 0.25) is 0 Å². The van der Waals surface area contributed by atoms with Crippen molar-refractivity contribution in [1.82, 2.24) is 5.32 Å². The van der Waals surface area contributed by atoms with Gasteiger partial charge in [0.25, 0.3) is 5.91 Å². The molecule has 0 heterocycles. The third-order valence-corrected chi connectivity index (χ3v) is 4.66. The van der Waals surface area contributed by atoms with Gasteiger partial charge in [-0.3, -0.25) is 4.79 Å². The predicted molar refractivity (Wildman–Crippen MR) is 98.6 cm³/mol. The SMILES string of the molecule is COc1cc(Cl)ccc1C(=O)OCC(=O)NC1CCCc2ccccc21. The Bertz CT molecular complexity index is 821. The molecule has 26 heavy (non-hydrogen) atoms. The van der Waals surface area contributed by atoms with E-state index in [0.29, 0.717) is 10.8 Å². The number of amides is 1. The Balaban J connectivity index is 1.59. The zero-order valence-electron chi connectivity index (χ0n) is 14.5. The molecule has 0 saturated heterocycles. The summed E-state index contributed by atoms with van der Waals surface area (Å²) in [4.78, 5) is 24.4. The first kappa shape index (κ1) is 18.3. The number of methoxy groups -OCH3 is 1. The van der Waals surface area contributed by atoms with Crippen LogP contribution in [0.1, 0.15) is 40.4 Å². The number of benzene rings is 2. The van der Waals surface area contributed by atoms with Crippen molar-refractivity contribution in [2.75, 3.05) is 13.7 Å². The Morgan fingerprint density at radius 2 is 2.04 bits per heavy atom. The molecular weight excluding hydrogens is 354 g/mol. The number of hydrogen-bond acceptors (Lipinski definition) is 4. The van der Waals surface area contributed by atoms with Crippen molar-refractivity contribution in [2.45, 2.75) is 25.3 Å². The summed E-state index contributed by atoms with van der Waals surface area (Å²) in [5.74, 6) is -0.644. The second kappa shape index (κ2) is 8.23.